The van der Waals surface area contributed by atoms with Crippen molar-refractivity contribution >= 4 is 5.57 Å². The van der Waals surface area contributed by atoms with Gasteiger partial charge in [0.1, 0.15) is 0 Å². The highest BCUT2D eigenvalue weighted by Gasteiger charge is 2.20. The Kier molecular flexibility index (Phi) is 3.02. The summed E-state index contributed by atoms with van der Waals surface area (Å²) in [6.07, 6.45) is 10.7. The molecular formula is C17H17N. The molecule has 1 saturated carbocycles. The van der Waals surface area contributed by atoms with Crippen LogP contribution in [-0.2, 0) is 0 Å². The fourth-order valence-electron chi connectivity index (χ4n) is 3.07. The molecule has 0 radical (unpaired) electrons. The highest BCUT2D eigenvalue weighted by atomic mass is 14.3. The topological polar surface area (TPSA) is 23.8 Å². The average Bonchev–Trinajstić information content (AvgIpc) is 2.47. The van der Waals surface area contributed by atoms with E-state index in [2.05, 4.69) is 36.4 Å². The molecule has 0 aromatic heterocycles. The van der Waals surface area contributed by atoms with Crippen LogP contribution >= 0.6 is 0 Å². The van der Waals surface area contributed by atoms with Crippen LogP contribution in [0.15, 0.2) is 42.0 Å². The summed E-state index contributed by atoms with van der Waals surface area (Å²) >= 11 is 0. The first kappa shape index (κ1) is 11.3. The molecule has 0 bridgehead atoms. The van der Waals surface area contributed by atoms with Gasteiger partial charge in [0.15, 0.2) is 0 Å². The van der Waals surface area contributed by atoms with Crippen molar-refractivity contribution in [2.45, 2.75) is 38.0 Å². The summed E-state index contributed by atoms with van der Waals surface area (Å²) in [6, 6.07) is 10.7. The van der Waals surface area contributed by atoms with Crippen molar-refractivity contribution in [2.24, 2.45) is 0 Å². The number of fused-ring (bicyclic) bond motifs is 1. The maximum atomic E-state index is 9.22. The molecule has 1 nitrogen and oxygen atoms in total. The van der Waals surface area contributed by atoms with Gasteiger partial charge in [-0.3, -0.25) is 0 Å². The molecule has 0 spiro atoms. The van der Waals surface area contributed by atoms with E-state index in [4.69, 9.17) is 0 Å². The molecule has 0 heterocycles. The van der Waals surface area contributed by atoms with E-state index < -0.39 is 0 Å². The predicted molar refractivity (Wildman–Crippen MR) is 73.9 cm³/mol. The molecule has 2 aliphatic carbocycles. The minimum absolute atomic E-state index is 0.0749. The molecule has 18 heavy (non-hydrogen) atoms. The van der Waals surface area contributed by atoms with Crippen LogP contribution in [0, 0.1) is 11.3 Å². The smallest absolute Gasteiger partial charge is 0.0902 e. The normalized spacial score (nSPS) is 22.5. The number of hydrogen-bond acceptors (Lipinski definition) is 1. The zero-order chi connectivity index (χ0) is 12.4. The van der Waals surface area contributed by atoms with Gasteiger partial charge in [-0.1, -0.05) is 48.4 Å². The van der Waals surface area contributed by atoms with Crippen LogP contribution in [0.5, 0.6) is 0 Å². The number of allylic oxidation sites excluding steroid dienone is 4. The Morgan fingerprint density at radius 3 is 2.61 bits per heavy atom. The van der Waals surface area contributed by atoms with Crippen molar-refractivity contribution in [3.63, 3.8) is 0 Å². The molecule has 1 atom stereocenters. The summed E-state index contributed by atoms with van der Waals surface area (Å²) in [4.78, 5) is 0. The van der Waals surface area contributed by atoms with Gasteiger partial charge in [-0.15, -0.1) is 0 Å². The number of rotatable bonds is 0. The van der Waals surface area contributed by atoms with E-state index in [0.717, 1.165) is 0 Å². The van der Waals surface area contributed by atoms with Crippen LogP contribution < -0.4 is 0 Å². The molecule has 90 valence electrons. The molecule has 2 aliphatic rings. The molecule has 1 aromatic carbocycles. The van der Waals surface area contributed by atoms with Crippen molar-refractivity contribution in [3.8, 4) is 6.07 Å². The zero-order valence-electron chi connectivity index (χ0n) is 10.5. The summed E-state index contributed by atoms with van der Waals surface area (Å²) in [5, 5.41) is 9.22. The van der Waals surface area contributed by atoms with Crippen molar-refractivity contribution in [3.05, 3.63) is 53.1 Å². The minimum atomic E-state index is -0.0749. The van der Waals surface area contributed by atoms with E-state index in [-0.39, 0.29) is 5.92 Å². The fourth-order valence-corrected chi connectivity index (χ4v) is 3.07. The molecule has 0 aliphatic heterocycles. The van der Waals surface area contributed by atoms with E-state index in [0.29, 0.717) is 0 Å². The van der Waals surface area contributed by atoms with Crippen LogP contribution in [0.1, 0.15) is 49.1 Å². The summed E-state index contributed by atoms with van der Waals surface area (Å²) < 4.78 is 0. The highest BCUT2D eigenvalue weighted by molar-refractivity contribution is 5.81. The first-order valence-electron chi connectivity index (χ1n) is 6.79. The fraction of sp³-hybridized carbons (Fsp3) is 0.353. The van der Waals surface area contributed by atoms with Gasteiger partial charge in [-0.2, -0.15) is 5.26 Å². The second-order valence-corrected chi connectivity index (χ2v) is 5.13. The maximum absolute atomic E-state index is 9.22. The lowest BCUT2D eigenvalue weighted by atomic mass is 9.81. The van der Waals surface area contributed by atoms with Gasteiger partial charge in [0.05, 0.1) is 12.0 Å². The minimum Gasteiger partial charge on any atom is -0.197 e. The average molecular weight is 235 g/mol. The molecule has 0 saturated heterocycles. The molecule has 1 fully saturated rings. The standard InChI is InChI=1S/C17H17N/c18-12-14-10-11-16(13-6-2-1-3-7-13)17-9-5-4-8-15(14)17/h4-5,8-11,14H,1-3,6-7H2. The third kappa shape index (κ3) is 1.88. The molecule has 1 aromatic rings. The highest BCUT2D eigenvalue weighted by Crippen LogP contribution is 2.38. The van der Waals surface area contributed by atoms with E-state index in [9.17, 15) is 5.26 Å². The molecule has 1 unspecified atom stereocenters. The predicted octanol–water partition coefficient (Wildman–Crippen LogP) is 4.58. The Labute approximate surface area is 108 Å². The first-order chi connectivity index (χ1) is 8.90. The van der Waals surface area contributed by atoms with Gasteiger partial charge < -0.3 is 0 Å². The maximum Gasteiger partial charge on any atom is 0.0902 e. The monoisotopic (exact) mass is 235 g/mol. The van der Waals surface area contributed by atoms with Gasteiger partial charge >= 0.3 is 0 Å². The van der Waals surface area contributed by atoms with Crippen LogP contribution in [0.4, 0.5) is 0 Å². The van der Waals surface area contributed by atoms with Crippen molar-refractivity contribution < 1.29 is 0 Å². The Morgan fingerprint density at radius 2 is 1.83 bits per heavy atom. The second kappa shape index (κ2) is 4.82. The first-order valence-corrected chi connectivity index (χ1v) is 6.79. The summed E-state index contributed by atoms with van der Waals surface area (Å²) in [7, 11) is 0. The van der Waals surface area contributed by atoms with Gasteiger partial charge in [-0.25, -0.2) is 0 Å². The van der Waals surface area contributed by atoms with E-state index >= 15 is 0 Å². The number of nitrogens with zero attached hydrogens (tertiary/aromatic N) is 1. The van der Waals surface area contributed by atoms with Crippen LogP contribution in [-0.4, -0.2) is 0 Å². The van der Waals surface area contributed by atoms with Crippen molar-refractivity contribution in [1.29, 1.82) is 5.26 Å². The third-order valence-corrected chi connectivity index (χ3v) is 4.02. The second-order valence-electron chi connectivity index (χ2n) is 5.13. The van der Waals surface area contributed by atoms with Crippen LogP contribution in [0.2, 0.25) is 0 Å². The van der Waals surface area contributed by atoms with Crippen molar-refractivity contribution in [1.82, 2.24) is 0 Å². The Hall–Kier alpha value is -1.81. The van der Waals surface area contributed by atoms with Gasteiger partial charge in [0.25, 0.3) is 0 Å². The summed E-state index contributed by atoms with van der Waals surface area (Å²) in [6.45, 7) is 0. The van der Waals surface area contributed by atoms with Gasteiger partial charge in [0.2, 0.25) is 0 Å². The van der Waals surface area contributed by atoms with E-state index in [1.165, 1.54) is 48.8 Å². The lowest BCUT2D eigenvalue weighted by Crippen LogP contribution is -2.05. The van der Waals surface area contributed by atoms with E-state index in [1.54, 1.807) is 5.57 Å². The zero-order valence-corrected chi connectivity index (χ0v) is 10.5. The summed E-state index contributed by atoms with van der Waals surface area (Å²) in [5.74, 6) is -0.0749. The summed E-state index contributed by atoms with van der Waals surface area (Å²) in [5.41, 5.74) is 5.43. The Bertz CT molecular complexity index is 549. The quantitative estimate of drug-likeness (QED) is 0.645. The third-order valence-electron chi connectivity index (χ3n) is 4.02. The van der Waals surface area contributed by atoms with Crippen LogP contribution in [0.3, 0.4) is 0 Å². The molecule has 0 N–H and O–H groups in total. The number of benzene rings is 1. The Balaban J connectivity index is 2.11. The molecular weight excluding hydrogens is 218 g/mol. The van der Waals surface area contributed by atoms with E-state index in [1.807, 2.05) is 6.07 Å². The Morgan fingerprint density at radius 1 is 1.06 bits per heavy atom. The lowest BCUT2D eigenvalue weighted by molar-refractivity contribution is 0.601. The number of hydrogen-bond donors (Lipinski definition) is 0. The number of nitriles is 1. The van der Waals surface area contributed by atoms with Gasteiger partial charge in [-0.05, 0) is 42.4 Å². The molecule has 1 heteroatoms. The van der Waals surface area contributed by atoms with Gasteiger partial charge in [0, 0.05) is 0 Å². The largest absolute Gasteiger partial charge is 0.197 e. The molecule has 3 rings (SSSR count). The van der Waals surface area contributed by atoms with Crippen LogP contribution in [0.25, 0.3) is 5.57 Å². The molecule has 0 amide bonds. The van der Waals surface area contributed by atoms with Crippen molar-refractivity contribution in [2.75, 3.05) is 0 Å². The lowest BCUT2D eigenvalue weighted by Gasteiger charge is -2.23. The SMILES string of the molecule is N#CC1C=CC(=C2CCCCC2)c2ccccc21.